The lowest BCUT2D eigenvalue weighted by atomic mass is 10.1. The molecule has 0 spiro atoms. The highest BCUT2D eigenvalue weighted by atomic mass is 79.9. The van der Waals surface area contributed by atoms with Crippen molar-refractivity contribution in [2.24, 2.45) is 5.92 Å². The van der Waals surface area contributed by atoms with Gasteiger partial charge in [0.1, 0.15) is 4.21 Å². The molecule has 1 aliphatic rings. The third-order valence-electron chi connectivity index (χ3n) is 2.70. The number of thiophene rings is 1. The Hall–Kier alpha value is 0.0400. The van der Waals surface area contributed by atoms with Crippen molar-refractivity contribution in [2.75, 3.05) is 18.1 Å². The first kappa shape index (κ1) is 14.4. The first-order valence-electron chi connectivity index (χ1n) is 5.24. The van der Waals surface area contributed by atoms with Crippen LogP contribution in [0.5, 0.6) is 0 Å². The van der Waals surface area contributed by atoms with E-state index in [2.05, 4.69) is 20.7 Å². The van der Waals surface area contributed by atoms with Crippen molar-refractivity contribution in [3.05, 3.63) is 15.9 Å². The van der Waals surface area contributed by atoms with Gasteiger partial charge in [-0.25, -0.2) is 21.6 Å². The summed E-state index contributed by atoms with van der Waals surface area (Å²) in [6.45, 7) is 0.178. The zero-order valence-electron chi connectivity index (χ0n) is 9.30. The van der Waals surface area contributed by atoms with Crippen LogP contribution in [-0.4, -0.2) is 34.9 Å². The second kappa shape index (κ2) is 5.20. The average molecular weight is 374 g/mol. The average Bonchev–Trinajstić information content (AvgIpc) is 2.82. The summed E-state index contributed by atoms with van der Waals surface area (Å²) in [7, 11) is -6.48. The molecule has 5 nitrogen and oxygen atoms in total. The third kappa shape index (κ3) is 3.53. The van der Waals surface area contributed by atoms with Gasteiger partial charge in [0.05, 0.1) is 15.3 Å². The van der Waals surface area contributed by atoms with Gasteiger partial charge in [-0.05, 0) is 40.4 Å². The number of nitrogens with one attached hydrogen (secondary N) is 1. The van der Waals surface area contributed by atoms with Crippen LogP contribution in [0.25, 0.3) is 0 Å². The maximum absolute atomic E-state index is 11.9. The molecular formula is C9H12BrNO4S3. The number of rotatable bonds is 4. The molecule has 0 radical (unpaired) electrons. The van der Waals surface area contributed by atoms with Gasteiger partial charge in [0.2, 0.25) is 10.0 Å². The summed E-state index contributed by atoms with van der Waals surface area (Å²) in [5.74, 6) is 0.112. The lowest BCUT2D eigenvalue weighted by molar-refractivity contribution is 0.544. The van der Waals surface area contributed by atoms with Crippen LogP contribution in [0, 0.1) is 5.92 Å². The summed E-state index contributed by atoms with van der Waals surface area (Å²) in [4.78, 5) is 0. The highest BCUT2D eigenvalue weighted by Crippen LogP contribution is 2.26. The molecule has 1 aliphatic heterocycles. The molecule has 0 aromatic carbocycles. The van der Waals surface area contributed by atoms with E-state index in [4.69, 9.17) is 0 Å². The number of halogens is 1. The topological polar surface area (TPSA) is 80.3 Å². The van der Waals surface area contributed by atoms with Crippen LogP contribution in [0.3, 0.4) is 0 Å². The van der Waals surface area contributed by atoms with Gasteiger partial charge >= 0.3 is 0 Å². The largest absolute Gasteiger partial charge is 0.250 e. The molecular weight excluding hydrogens is 362 g/mol. The summed E-state index contributed by atoms with van der Waals surface area (Å²) in [6.07, 6.45) is 0.527. The van der Waals surface area contributed by atoms with Gasteiger partial charge in [0.15, 0.2) is 9.84 Å². The molecule has 1 unspecified atom stereocenters. The summed E-state index contributed by atoms with van der Waals surface area (Å²) in [5, 5.41) is 0. The molecule has 9 heteroatoms. The molecule has 0 amide bonds. The number of sulfone groups is 1. The minimum Gasteiger partial charge on any atom is -0.229 e. The van der Waals surface area contributed by atoms with E-state index in [1.807, 2.05) is 0 Å². The normalized spacial score (nSPS) is 23.3. The van der Waals surface area contributed by atoms with Crippen molar-refractivity contribution < 1.29 is 16.8 Å². The summed E-state index contributed by atoms with van der Waals surface area (Å²) >= 11 is 4.33. The molecule has 1 saturated heterocycles. The summed E-state index contributed by atoms with van der Waals surface area (Å²) in [5.41, 5.74) is 0. The first-order valence-corrected chi connectivity index (χ1v) is 10.2. The van der Waals surface area contributed by atoms with Crippen molar-refractivity contribution in [2.45, 2.75) is 10.6 Å². The van der Waals surface area contributed by atoms with Crippen LogP contribution >= 0.6 is 27.3 Å². The van der Waals surface area contributed by atoms with E-state index in [1.165, 1.54) is 6.07 Å². The fraction of sp³-hybridized carbons (Fsp3) is 0.556. The quantitative estimate of drug-likeness (QED) is 0.860. The van der Waals surface area contributed by atoms with E-state index in [1.54, 1.807) is 6.07 Å². The van der Waals surface area contributed by atoms with E-state index in [0.717, 1.165) is 15.1 Å². The Morgan fingerprint density at radius 3 is 2.67 bits per heavy atom. The van der Waals surface area contributed by atoms with Crippen LogP contribution in [0.15, 0.2) is 20.1 Å². The van der Waals surface area contributed by atoms with Crippen LogP contribution in [0.4, 0.5) is 0 Å². The van der Waals surface area contributed by atoms with Crippen molar-refractivity contribution in [3.8, 4) is 0 Å². The van der Waals surface area contributed by atoms with E-state index < -0.39 is 19.9 Å². The molecule has 1 aromatic heterocycles. The summed E-state index contributed by atoms with van der Waals surface area (Å²) in [6, 6.07) is 3.18. The van der Waals surface area contributed by atoms with Gasteiger partial charge in [-0.3, -0.25) is 0 Å². The molecule has 1 N–H and O–H groups in total. The van der Waals surface area contributed by atoms with Crippen LogP contribution in [0.1, 0.15) is 6.42 Å². The Morgan fingerprint density at radius 2 is 2.17 bits per heavy atom. The molecule has 1 fully saturated rings. The third-order valence-corrected chi connectivity index (χ3v) is 8.08. The van der Waals surface area contributed by atoms with Gasteiger partial charge in [-0.2, -0.15) is 0 Å². The number of hydrogen-bond acceptors (Lipinski definition) is 5. The number of hydrogen-bond donors (Lipinski definition) is 1. The molecule has 2 heterocycles. The zero-order valence-corrected chi connectivity index (χ0v) is 13.3. The fourth-order valence-corrected chi connectivity index (χ4v) is 6.81. The van der Waals surface area contributed by atoms with Crippen molar-refractivity contribution in [3.63, 3.8) is 0 Å². The van der Waals surface area contributed by atoms with E-state index >= 15 is 0 Å². The van der Waals surface area contributed by atoms with E-state index in [9.17, 15) is 16.8 Å². The van der Waals surface area contributed by atoms with Crippen molar-refractivity contribution in [1.82, 2.24) is 4.72 Å². The lowest BCUT2D eigenvalue weighted by Gasteiger charge is -2.08. The highest BCUT2D eigenvalue weighted by molar-refractivity contribution is 9.11. The predicted molar refractivity (Wildman–Crippen MR) is 74.0 cm³/mol. The second-order valence-electron chi connectivity index (χ2n) is 4.18. The Balaban J connectivity index is 1.98. The molecule has 1 aromatic rings. The molecule has 2 rings (SSSR count). The maximum atomic E-state index is 11.9. The monoisotopic (exact) mass is 373 g/mol. The molecule has 0 saturated carbocycles. The Kier molecular flexibility index (Phi) is 4.17. The molecule has 102 valence electrons. The lowest BCUT2D eigenvalue weighted by Crippen LogP contribution is -2.29. The second-order valence-corrected chi connectivity index (χ2v) is 10.9. The van der Waals surface area contributed by atoms with Crippen molar-refractivity contribution >= 4 is 47.1 Å². The first-order chi connectivity index (χ1) is 8.28. The van der Waals surface area contributed by atoms with Gasteiger partial charge in [-0.1, -0.05) is 0 Å². The van der Waals surface area contributed by atoms with E-state index in [-0.39, 0.29) is 28.2 Å². The summed E-state index contributed by atoms with van der Waals surface area (Å²) < 4.78 is 49.7. The molecule has 0 aliphatic carbocycles. The fourth-order valence-electron chi connectivity index (χ4n) is 1.77. The Morgan fingerprint density at radius 1 is 1.44 bits per heavy atom. The van der Waals surface area contributed by atoms with Crippen LogP contribution < -0.4 is 4.72 Å². The molecule has 0 bridgehead atoms. The van der Waals surface area contributed by atoms with Crippen molar-refractivity contribution in [1.29, 1.82) is 0 Å². The predicted octanol–water partition coefficient (Wildman–Crippen LogP) is 1.22. The van der Waals surface area contributed by atoms with Gasteiger partial charge in [0.25, 0.3) is 0 Å². The Labute approximate surface area is 119 Å². The van der Waals surface area contributed by atoms with Gasteiger partial charge < -0.3 is 0 Å². The zero-order chi connectivity index (χ0) is 13.4. The van der Waals surface area contributed by atoms with Crippen LogP contribution in [0.2, 0.25) is 0 Å². The minimum absolute atomic E-state index is 0.0731. The Bertz CT molecular complexity index is 635. The van der Waals surface area contributed by atoms with Crippen LogP contribution in [-0.2, 0) is 19.9 Å². The maximum Gasteiger partial charge on any atom is 0.250 e. The van der Waals surface area contributed by atoms with E-state index in [0.29, 0.717) is 6.42 Å². The molecule has 1 atom stereocenters. The SMILES string of the molecule is O=S1(=O)CCC(CNS(=O)(=O)c2ccc(Br)s2)C1. The number of sulfonamides is 1. The molecule has 18 heavy (non-hydrogen) atoms. The smallest absolute Gasteiger partial charge is 0.229 e. The minimum atomic E-state index is -3.52. The standard InChI is InChI=1S/C9H12BrNO4S3/c10-8-1-2-9(16-8)18(14,15)11-5-7-3-4-17(12,13)6-7/h1-2,7,11H,3-6H2. The highest BCUT2D eigenvalue weighted by Gasteiger charge is 2.29. The van der Waals surface area contributed by atoms with Gasteiger partial charge in [0, 0.05) is 6.54 Å². The van der Waals surface area contributed by atoms with Gasteiger partial charge in [-0.15, -0.1) is 11.3 Å².